The molecule has 24 heavy (non-hydrogen) atoms. The molecule has 1 amide bonds. The molecule has 2 rings (SSSR count). The van der Waals surface area contributed by atoms with Crippen LogP contribution < -0.4 is 9.62 Å². The lowest BCUT2D eigenvalue weighted by molar-refractivity contribution is -0.114. The van der Waals surface area contributed by atoms with Crippen LogP contribution in [0.1, 0.15) is 0 Å². The highest BCUT2D eigenvalue weighted by atomic mass is 32.2. The number of thioether (sulfide) groups is 1. The number of halogens is 2. The van der Waals surface area contributed by atoms with Gasteiger partial charge in [0.1, 0.15) is 18.2 Å². The summed E-state index contributed by atoms with van der Waals surface area (Å²) in [6.07, 6.45) is 2.61. The zero-order chi connectivity index (χ0) is 17.9. The second-order valence-corrected chi connectivity index (χ2v) is 8.43. The van der Waals surface area contributed by atoms with Gasteiger partial charge in [-0.3, -0.25) is 14.4 Å². The van der Waals surface area contributed by atoms with Crippen LogP contribution in [0.2, 0.25) is 0 Å². The third kappa shape index (κ3) is 4.61. The van der Waals surface area contributed by atoms with Crippen molar-refractivity contribution < 1.29 is 22.0 Å². The van der Waals surface area contributed by atoms with Gasteiger partial charge in [-0.2, -0.15) is 0 Å². The Hall–Kier alpha value is -1.79. The zero-order valence-electron chi connectivity index (χ0n) is 12.5. The summed E-state index contributed by atoms with van der Waals surface area (Å²) >= 11 is 2.45. The molecule has 1 aromatic carbocycles. The van der Waals surface area contributed by atoms with Gasteiger partial charge in [0.2, 0.25) is 21.1 Å². The molecule has 0 radical (unpaired) electrons. The molecule has 0 saturated carbocycles. The van der Waals surface area contributed by atoms with Gasteiger partial charge < -0.3 is 0 Å². The molecule has 130 valence electrons. The number of rotatable bonds is 6. The van der Waals surface area contributed by atoms with E-state index < -0.39 is 39.8 Å². The van der Waals surface area contributed by atoms with Crippen LogP contribution in [0.25, 0.3) is 0 Å². The van der Waals surface area contributed by atoms with Crippen LogP contribution in [0.3, 0.4) is 0 Å². The number of aromatic nitrogens is 2. The number of benzene rings is 1. The van der Waals surface area contributed by atoms with Gasteiger partial charge in [0, 0.05) is 6.07 Å². The number of nitrogens with zero attached hydrogens (tertiary/aromatic N) is 3. The molecule has 0 aliphatic carbocycles. The van der Waals surface area contributed by atoms with Gasteiger partial charge in [0.25, 0.3) is 0 Å². The van der Waals surface area contributed by atoms with E-state index in [-0.39, 0.29) is 5.13 Å². The van der Waals surface area contributed by atoms with Gasteiger partial charge in [-0.25, -0.2) is 17.2 Å². The van der Waals surface area contributed by atoms with E-state index in [4.69, 9.17) is 0 Å². The Labute approximate surface area is 145 Å². The Morgan fingerprint density at radius 3 is 2.62 bits per heavy atom. The van der Waals surface area contributed by atoms with E-state index >= 15 is 0 Å². The van der Waals surface area contributed by atoms with Crippen LogP contribution in [0.15, 0.2) is 22.5 Å². The van der Waals surface area contributed by atoms with Gasteiger partial charge in [0.15, 0.2) is 4.34 Å². The summed E-state index contributed by atoms with van der Waals surface area (Å²) in [6, 6.07) is 2.40. The van der Waals surface area contributed by atoms with Crippen molar-refractivity contribution in [3.05, 3.63) is 29.8 Å². The van der Waals surface area contributed by atoms with Gasteiger partial charge >= 0.3 is 0 Å². The van der Waals surface area contributed by atoms with E-state index in [2.05, 4.69) is 15.5 Å². The molecule has 0 fully saturated rings. The summed E-state index contributed by atoms with van der Waals surface area (Å²) in [5.74, 6) is -2.67. The average molecular weight is 394 g/mol. The minimum atomic E-state index is -3.97. The first-order chi connectivity index (χ1) is 11.2. The van der Waals surface area contributed by atoms with Crippen molar-refractivity contribution in [2.75, 3.05) is 28.7 Å². The standard InChI is InChI=1S/C12H12F2N4O3S3/c1-22-12-17-16-11(23-12)15-10(19)6-18(24(2,20)21)9-4-3-7(13)5-8(9)14/h3-5H,6H2,1-2H3,(H,15,16,19). The number of carbonyl (C=O) groups excluding carboxylic acids is 1. The Balaban J connectivity index is 2.21. The average Bonchev–Trinajstić information content (AvgIpc) is 2.92. The van der Waals surface area contributed by atoms with Crippen molar-refractivity contribution in [1.29, 1.82) is 0 Å². The van der Waals surface area contributed by atoms with Crippen molar-refractivity contribution in [1.82, 2.24) is 10.2 Å². The summed E-state index contributed by atoms with van der Waals surface area (Å²) in [4.78, 5) is 12.0. The second kappa shape index (κ2) is 7.40. The van der Waals surface area contributed by atoms with Crippen LogP contribution in [-0.4, -0.2) is 43.6 Å². The molecule has 0 aliphatic heterocycles. The number of nitrogens with one attached hydrogen (secondary N) is 1. The Bertz CT molecular complexity index is 857. The molecule has 0 bridgehead atoms. The summed E-state index contributed by atoms with van der Waals surface area (Å²) in [5.41, 5.74) is -0.420. The van der Waals surface area contributed by atoms with E-state index in [0.717, 1.165) is 29.7 Å². The molecule has 0 saturated heterocycles. The molecule has 0 spiro atoms. The minimum absolute atomic E-state index is 0.192. The third-order valence-corrected chi connectivity index (χ3v) is 5.63. The lowest BCUT2D eigenvalue weighted by atomic mass is 10.3. The minimum Gasteiger partial charge on any atom is -0.299 e. The number of sulfonamides is 1. The number of anilines is 2. The molecule has 0 aliphatic rings. The Kier molecular flexibility index (Phi) is 5.72. The SMILES string of the molecule is CSc1nnc(NC(=O)CN(c2ccc(F)cc2F)S(C)(=O)=O)s1. The maximum atomic E-state index is 13.9. The van der Waals surface area contributed by atoms with Gasteiger partial charge in [-0.1, -0.05) is 23.1 Å². The quantitative estimate of drug-likeness (QED) is 0.595. The fraction of sp³-hybridized carbons (Fsp3) is 0.250. The molecule has 1 aromatic heterocycles. The van der Waals surface area contributed by atoms with Gasteiger partial charge in [0.05, 0.1) is 11.9 Å². The molecule has 0 unspecified atom stereocenters. The van der Waals surface area contributed by atoms with Crippen LogP contribution >= 0.6 is 23.1 Å². The highest BCUT2D eigenvalue weighted by molar-refractivity contribution is 8.00. The van der Waals surface area contributed by atoms with Crippen molar-refractivity contribution in [3.63, 3.8) is 0 Å². The summed E-state index contributed by atoms with van der Waals surface area (Å²) in [6.45, 7) is -0.685. The summed E-state index contributed by atoms with van der Waals surface area (Å²) in [7, 11) is -3.97. The Morgan fingerprint density at radius 2 is 2.08 bits per heavy atom. The van der Waals surface area contributed by atoms with Crippen molar-refractivity contribution in [2.45, 2.75) is 4.34 Å². The van der Waals surface area contributed by atoms with Gasteiger partial charge in [-0.15, -0.1) is 10.2 Å². The van der Waals surface area contributed by atoms with E-state index in [1.165, 1.54) is 11.8 Å². The zero-order valence-corrected chi connectivity index (χ0v) is 14.9. The first-order valence-corrected chi connectivity index (χ1v) is 10.2. The van der Waals surface area contributed by atoms with Crippen LogP contribution in [0.5, 0.6) is 0 Å². The Morgan fingerprint density at radius 1 is 1.38 bits per heavy atom. The topological polar surface area (TPSA) is 92.3 Å². The predicted octanol–water partition coefficient (Wildman–Crippen LogP) is 1.94. The highest BCUT2D eigenvalue weighted by Crippen LogP contribution is 2.24. The summed E-state index contributed by atoms with van der Waals surface area (Å²) in [5, 5.41) is 10.1. The molecule has 1 heterocycles. The second-order valence-electron chi connectivity index (χ2n) is 4.49. The largest absolute Gasteiger partial charge is 0.299 e. The third-order valence-electron chi connectivity index (χ3n) is 2.69. The van der Waals surface area contributed by atoms with Crippen molar-refractivity contribution >= 4 is 49.8 Å². The molecule has 7 nitrogen and oxygen atoms in total. The first kappa shape index (κ1) is 18.5. The van der Waals surface area contributed by atoms with E-state index in [9.17, 15) is 22.0 Å². The van der Waals surface area contributed by atoms with E-state index in [0.29, 0.717) is 14.7 Å². The van der Waals surface area contributed by atoms with Crippen LogP contribution in [-0.2, 0) is 14.8 Å². The van der Waals surface area contributed by atoms with Crippen molar-refractivity contribution in [3.8, 4) is 0 Å². The molecule has 1 N–H and O–H groups in total. The summed E-state index contributed by atoms with van der Waals surface area (Å²) < 4.78 is 51.7. The molecule has 12 heteroatoms. The van der Waals surface area contributed by atoms with E-state index in [1.807, 2.05) is 0 Å². The molecular weight excluding hydrogens is 382 g/mol. The monoisotopic (exact) mass is 394 g/mol. The fourth-order valence-electron chi connectivity index (χ4n) is 1.70. The molecule has 2 aromatic rings. The maximum absolute atomic E-state index is 13.9. The maximum Gasteiger partial charge on any atom is 0.246 e. The first-order valence-electron chi connectivity index (χ1n) is 6.31. The highest BCUT2D eigenvalue weighted by Gasteiger charge is 2.24. The lowest BCUT2D eigenvalue weighted by Gasteiger charge is -2.22. The fourth-order valence-corrected chi connectivity index (χ4v) is 3.74. The predicted molar refractivity (Wildman–Crippen MR) is 88.9 cm³/mol. The molecule has 0 atom stereocenters. The normalized spacial score (nSPS) is 11.3. The number of hydrogen-bond donors (Lipinski definition) is 1. The van der Waals surface area contributed by atoms with Crippen LogP contribution in [0.4, 0.5) is 19.6 Å². The number of carbonyl (C=O) groups is 1. The van der Waals surface area contributed by atoms with Crippen LogP contribution in [0, 0.1) is 11.6 Å². The lowest BCUT2D eigenvalue weighted by Crippen LogP contribution is -2.38. The smallest absolute Gasteiger partial charge is 0.246 e. The van der Waals surface area contributed by atoms with E-state index in [1.54, 1.807) is 6.26 Å². The van der Waals surface area contributed by atoms with Crippen molar-refractivity contribution in [2.24, 2.45) is 0 Å². The number of amides is 1. The van der Waals surface area contributed by atoms with Gasteiger partial charge in [-0.05, 0) is 18.4 Å². The number of hydrogen-bond acceptors (Lipinski definition) is 7. The molecular formula is C12H12F2N4O3S3.